The van der Waals surface area contributed by atoms with Gasteiger partial charge in [0.2, 0.25) is 6.86 Å². The van der Waals surface area contributed by atoms with E-state index in [1.807, 2.05) is 0 Å². The smallest absolute Gasteiger partial charge is 0.309 e. The number of ether oxygens (including phenoxy) is 5. The maximum absolute atomic E-state index is 14.1. The van der Waals surface area contributed by atoms with Crippen molar-refractivity contribution in [3.63, 3.8) is 0 Å². The van der Waals surface area contributed by atoms with Gasteiger partial charge >= 0.3 is 5.97 Å². The largest absolute Gasteiger partial charge is 0.462 e. The third-order valence-electron chi connectivity index (χ3n) is 8.73. The molecule has 3 saturated heterocycles. The predicted octanol–water partition coefficient (Wildman–Crippen LogP) is 6.16. The van der Waals surface area contributed by atoms with Gasteiger partial charge in [-0.05, 0) is 81.4 Å². The third-order valence-corrected chi connectivity index (χ3v) is 8.73. The molecule has 0 aromatic heterocycles. The fourth-order valence-corrected chi connectivity index (χ4v) is 6.58. The van der Waals surface area contributed by atoms with Crippen LogP contribution in [0, 0.1) is 28.9 Å². The van der Waals surface area contributed by atoms with Crippen LogP contribution in [0.3, 0.4) is 0 Å². The van der Waals surface area contributed by atoms with Crippen LogP contribution in [0.25, 0.3) is 0 Å². The summed E-state index contributed by atoms with van der Waals surface area (Å²) < 4.78 is 69.2. The van der Waals surface area contributed by atoms with Gasteiger partial charge in [-0.3, -0.25) is 4.79 Å². The topological polar surface area (TPSA) is 63.2 Å². The van der Waals surface area contributed by atoms with Gasteiger partial charge < -0.3 is 23.7 Å². The van der Waals surface area contributed by atoms with Crippen LogP contribution >= 0.6 is 0 Å². The van der Waals surface area contributed by atoms with E-state index in [4.69, 9.17) is 18.9 Å². The second-order valence-corrected chi connectivity index (χ2v) is 11.2. The van der Waals surface area contributed by atoms with Gasteiger partial charge in [0, 0.05) is 11.3 Å². The Bertz CT molecular complexity index is 908. The molecule has 37 heavy (non-hydrogen) atoms. The molecule has 5 aliphatic rings. The first kappa shape index (κ1) is 26.8. The van der Waals surface area contributed by atoms with E-state index in [-0.39, 0.29) is 35.2 Å². The summed E-state index contributed by atoms with van der Waals surface area (Å²) in [7, 11) is 0. The van der Waals surface area contributed by atoms with Crippen molar-refractivity contribution in [3.8, 4) is 5.75 Å². The van der Waals surface area contributed by atoms with Crippen molar-refractivity contribution < 1.29 is 41.7 Å². The van der Waals surface area contributed by atoms with Gasteiger partial charge in [-0.15, -0.1) is 0 Å². The molecular formula is C28H37F3O6. The molecule has 2 aliphatic carbocycles. The van der Waals surface area contributed by atoms with Crippen LogP contribution in [0.15, 0.2) is 12.1 Å². The van der Waals surface area contributed by atoms with Gasteiger partial charge in [-0.2, -0.15) is 0 Å². The molecule has 1 aromatic rings. The minimum Gasteiger partial charge on any atom is -0.462 e. The summed E-state index contributed by atoms with van der Waals surface area (Å²) in [6, 6.07) is 2.42. The molecule has 2 saturated carbocycles. The Hall–Kier alpha value is -1.84. The van der Waals surface area contributed by atoms with Gasteiger partial charge in [-0.25, -0.2) is 13.2 Å². The van der Waals surface area contributed by atoms with Crippen molar-refractivity contribution in [2.75, 3.05) is 26.7 Å². The van der Waals surface area contributed by atoms with Gasteiger partial charge in [-0.1, -0.05) is 13.3 Å². The zero-order valence-corrected chi connectivity index (χ0v) is 21.4. The summed E-state index contributed by atoms with van der Waals surface area (Å²) in [5.41, 5.74) is 0.499. The molecule has 0 amide bonds. The number of hydrogen-bond acceptors (Lipinski definition) is 6. The lowest BCUT2D eigenvalue weighted by Gasteiger charge is -2.55. The van der Waals surface area contributed by atoms with Crippen molar-refractivity contribution in [2.24, 2.45) is 17.3 Å². The summed E-state index contributed by atoms with van der Waals surface area (Å²) >= 11 is 0. The van der Waals surface area contributed by atoms with E-state index in [0.29, 0.717) is 63.9 Å². The summed E-state index contributed by atoms with van der Waals surface area (Å²) in [4.78, 5) is 12.9. The quantitative estimate of drug-likeness (QED) is 0.378. The summed E-state index contributed by atoms with van der Waals surface area (Å²) in [5.74, 6) is -3.71. The lowest BCUT2D eigenvalue weighted by atomic mass is 9.78. The molecular weight excluding hydrogens is 489 g/mol. The highest BCUT2D eigenvalue weighted by Gasteiger charge is 2.56. The first-order valence-corrected chi connectivity index (χ1v) is 13.7. The van der Waals surface area contributed by atoms with Crippen molar-refractivity contribution >= 4 is 5.97 Å². The van der Waals surface area contributed by atoms with Gasteiger partial charge in [0.05, 0.1) is 25.7 Å². The second-order valence-electron chi connectivity index (χ2n) is 11.2. The molecule has 3 aliphatic heterocycles. The Labute approximate surface area is 216 Å². The molecule has 5 fully saturated rings. The van der Waals surface area contributed by atoms with Gasteiger partial charge in [0.1, 0.15) is 6.10 Å². The molecule has 206 valence electrons. The summed E-state index contributed by atoms with van der Waals surface area (Å²) in [6.45, 7) is 2.87. The highest BCUT2D eigenvalue weighted by atomic mass is 19.1. The third kappa shape index (κ3) is 5.50. The first-order valence-electron chi connectivity index (χ1n) is 13.7. The molecule has 0 radical (unpaired) electrons. The minimum atomic E-state index is -1.29. The number of carbonyl (C=O) groups excluding carboxylic acids is 1. The van der Waals surface area contributed by atoms with E-state index < -0.39 is 30.2 Å². The lowest BCUT2D eigenvalue weighted by Crippen LogP contribution is -2.63. The summed E-state index contributed by atoms with van der Waals surface area (Å²) in [6.07, 6.45) is 7.47. The molecule has 0 spiro atoms. The average molecular weight is 527 g/mol. The van der Waals surface area contributed by atoms with Crippen LogP contribution < -0.4 is 4.74 Å². The number of fused-ring (bicyclic) bond motifs is 3. The number of alkyl halides is 1. The monoisotopic (exact) mass is 526 g/mol. The molecule has 2 bridgehead atoms. The van der Waals surface area contributed by atoms with Crippen LogP contribution in [0.4, 0.5) is 13.2 Å². The minimum absolute atomic E-state index is 0.0218. The number of esters is 1. The Morgan fingerprint density at radius 3 is 2.08 bits per heavy atom. The normalized spacial score (nSPS) is 35.8. The SMILES string of the molecule is CCCC12COC(C3CCC(C(=O)OC4CCC(c5cc(F)c(OCF)c(F)c5)CC4)CC3)(OC1)OC2. The number of rotatable bonds is 8. The Morgan fingerprint density at radius 2 is 1.54 bits per heavy atom. The lowest BCUT2D eigenvalue weighted by molar-refractivity contribution is -0.488. The zero-order chi connectivity index (χ0) is 26.0. The summed E-state index contributed by atoms with van der Waals surface area (Å²) in [5, 5.41) is 0. The fraction of sp³-hybridized carbons (Fsp3) is 0.750. The number of halogens is 3. The molecule has 9 heteroatoms. The molecule has 6 nitrogen and oxygen atoms in total. The Kier molecular flexibility index (Phi) is 8.03. The number of hydrogen-bond donors (Lipinski definition) is 0. The number of benzene rings is 1. The van der Waals surface area contributed by atoms with Crippen LogP contribution in [0.5, 0.6) is 5.75 Å². The second kappa shape index (κ2) is 11.1. The highest BCUT2D eigenvalue weighted by molar-refractivity contribution is 5.72. The molecule has 1 aromatic carbocycles. The molecule has 0 unspecified atom stereocenters. The van der Waals surface area contributed by atoms with E-state index in [1.165, 1.54) is 12.1 Å². The van der Waals surface area contributed by atoms with E-state index in [9.17, 15) is 18.0 Å². The van der Waals surface area contributed by atoms with Crippen molar-refractivity contribution in [1.29, 1.82) is 0 Å². The molecule has 3 heterocycles. The number of carbonyl (C=O) groups is 1. The predicted molar refractivity (Wildman–Crippen MR) is 127 cm³/mol. The van der Waals surface area contributed by atoms with Crippen LogP contribution in [0.1, 0.15) is 82.6 Å². The average Bonchev–Trinajstić information content (AvgIpc) is 2.92. The molecule has 6 rings (SSSR count). The molecule has 0 atom stereocenters. The van der Waals surface area contributed by atoms with E-state index in [0.717, 1.165) is 25.7 Å². The van der Waals surface area contributed by atoms with Crippen molar-refractivity contribution in [1.82, 2.24) is 0 Å². The van der Waals surface area contributed by atoms with Crippen LogP contribution in [-0.2, 0) is 23.7 Å². The van der Waals surface area contributed by atoms with Crippen molar-refractivity contribution in [2.45, 2.75) is 89.1 Å². The van der Waals surface area contributed by atoms with E-state index in [2.05, 4.69) is 11.7 Å². The first-order chi connectivity index (χ1) is 17.9. The van der Waals surface area contributed by atoms with Crippen LogP contribution in [0.2, 0.25) is 0 Å². The highest BCUT2D eigenvalue weighted by Crippen LogP contribution is 2.49. The Balaban J connectivity index is 1.07. The standard InChI is InChI=1S/C28H37F3O6/c1-2-11-27-14-34-28(35-15-27,36-16-27)21-7-3-19(4-8-21)26(32)37-22-9-5-18(6-10-22)20-12-23(30)25(33-17-29)24(31)13-20/h12-13,18-19,21-22H,2-11,14-17H2,1H3. The van der Waals surface area contributed by atoms with Crippen LogP contribution in [-0.4, -0.2) is 44.7 Å². The fourth-order valence-electron chi connectivity index (χ4n) is 6.58. The zero-order valence-electron chi connectivity index (χ0n) is 21.4. The van der Waals surface area contributed by atoms with E-state index in [1.54, 1.807) is 0 Å². The maximum Gasteiger partial charge on any atom is 0.309 e. The van der Waals surface area contributed by atoms with Gasteiger partial charge in [0.25, 0.3) is 5.97 Å². The molecule has 0 N–H and O–H groups in total. The Morgan fingerprint density at radius 1 is 0.946 bits per heavy atom. The van der Waals surface area contributed by atoms with Crippen molar-refractivity contribution in [3.05, 3.63) is 29.3 Å². The van der Waals surface area contributed by atoms with Gasteiger partial charge in [0.15, 0.2) is 17.4 Å². The maximum atomic E-state index is 14.1. The van der Waals surface area contributed by atoms with E-state index >= 15 is 0 Å².